The van der Waals surface area contributed by atoms with Crippen molar-refractivity contribution in [1.82, 2.24) is 0 Å². The maximum Gasteiger partial charge on any atom is 1.00 e. The quantitative estimate of drug-likeness (QED) is 0.412. The van der Waals surface area contributed by atoms with Crippen molar-refractivity contribution < 1.29 is 37.7 Å². The first-order valence-corrected chi connectivity index (χ1v) is 10.8. The topological polar surface area (TPSA) is 0 Å². The first-order chi connectivity index (χ1) is 10.9. The van der Waals surface area contributed by atoms with Crippen LogP contribution in [0.3, 0.4) is 0 Å². The minimum absolute atomic E-state index is 0. The van der Waals surface area contributed by atoms with Gasteiger partial charge in [-0.3, -0.25) is 0 Å². The number of rotatable bonds is 5. The van der Waals surface area contributed by atoms with Gasteiger partial charge in [0.05, 0.1) is 0 Å². The smallest absolute Gasteiger partial charge is 0.328 e. The van der Waals surface area contributed by atoms with Crippen LogP contribution in [0.1, 0.15) is 66.2 Å². The van der Waals surface area contributed by atoms with Crippen molar-refractivity contribution in [2.75, 3.05) is 0 Å². The van der Waals surface area contributed by atoms with Gasteiger partial charge in [-0.1, -0.05) is 90.6 Å². The van der Waals surface area contributed by atoms with Crippen LogP contribution < -0.4 is 43.0 Å². The molecule has 0 nitrogen and oxygen atoms in total. The Balaban J connectivity index is 0.00000156. The summed E-state index contributed by atoms with van der Waals surface area (Å²) in [7, 11) is -0.204. The van der Waals surface area contributed by atoms with E-state index in [9.17, 15) is 0 Å². The Labute approximate surface area is 181 Å². The number of hydrogen-bond donors (Lipinski definition) is 0. The largest absolute Gasteiger partial charge is 1.00 e. The minimum atomic E-state index is -0.204. The molecule has 25 heavy (non-hydrogen) atoms. The Kier molecular flexibility index (Phi) is 9.42. The fourth-order valence-electron chi connectivity index (χ4n) is 5.15. The third-order valence-corrected chi connectivity index (χ3v) is 10.4. The molecule has 2 atom stereocenters. The molecule has 3 rings (SSSR count). The summed E-state index contributed by atoms with van der Waals surface area (Å²) in [6, 6.07) is 11.5. The van der Waals surface area contributed by atoms with Crippen LogP contribution in [0.15, 0.2) is 30.3 Å². The van der Waals surface area contributed by atoms with Crippen LogP contribution in [0.25, 0.3) is 0 Å². The molecule has 2 saturated carbocycles. The fourth-order valence-corrected chi connectivity index (χ4v) is 9.63. The van der Waals surface area contributed by atoms with E-state index in [1.807, 2.05) is 0 Å². The summed E-state index contributed by atoms with van der Waals surface area (Å²) in [6.07, 6.45) is 13.1. The van der Waals surface area contributed by atoms with E-state index in [1.165, 1.54) is 38.5 Å². The summed E-state index contributed by atoms with van der Waals surface area (Å²) >= 11 is 0. The molecule has 3 heteroatoms. The molecular weight excluding hydrogens is 309 g/mol. The first-order valence-electron chi connectivity index (χ1n) is 9.42. The Hall–Kier alpha value is 0.845. The molecule has 1 aromatic carbocycles. The van der Waals surface area contributed by atoms with E-state index in [-0.39, 0.29) is 45.6 Å². The molecule has 2 unspecified atom stereocenters. The van der Waals surface area contributed by atoms with E-state index >= 15 is 0 Å². The summed E-state index contributed by atoms with van der Waals surface area (Å²) in [4.78, 5) is 0. The summed E-state index contributed by atoms with van der Waals surface area (Å²) in [6.45, 7) is 10.3. The molecule has 0 heterocycles. The Morgan fingerprint density at radius 3 is 1.60 bits per heavy atom. The van der Waals surface area contributed by atoms with E-state index in [2.05, 4.69) is 70.9 Å². The van der Waals surface area contributed by atoms with Crippen LogP contribution in [0.5, 0.6) is 0 Å². The minimum Gasteiger partial charge on any atom is -0.328 e. The van der Waals surface area contributed by atoms with E-state index in [0.717, 1.165) is 11.8 Å². The Morgan fingerprint density at radius 2 is 1.24 bits per heavy atom. The van der Waals surface area contributed by atoms with Crippen molar-refractivity contribution in [2.24, 2.45) is 11.8 Å². The molecule has 0 spiro atoms. The zero-order valence-electron chi connectivity index (χ0n) is 17.4. The molecule has 0 aromatic heterocycles. The summed E-state index contributed by atoms with van der Waals surface area (Å²) in [5.74, 6) is 1.72. The standard InChI is InChI=1S/C22H33P.2Li/c1-21(2,18-12-8-9-13-18)23(20-16-6-5-7-17-20)22(3,4)19-14-10-11-15-19;;/h5-8,10,16-19H,9,11-15H2,1-4H3;;/q-2;2*+1. The van der Waals surface area contributed by atoms with Gasteiger partial charge in [0.1, 0.15) is 0 Å². The maximum absolute atomic E-state index is 2.58. The second kappa shape index (κ2) is 9.86. The van der Waals surface area contributed by atoms with Crippen molar-refractivity contribution in [3.8, 4) is 0 Å². The molecule has 1 aromatic rings. The average molecular weight is 342 g/mol. The number of benzene rings is 1. The monoisotopic (exact) mass is 342 g/mol. The van der Waals surface area contributed by atoms with Crippen LogP contribution in [0, 0.1) is 24.7 Å². The van der Waals surface area contributed by atoms with Gasteiger partial charge in [0.15, 0.2) is 0 Å². The second-order valence-electron chi connectivity index (χ2n) is 8.58. The van der Waals surface area contributed by atoms with Gasteiger partial charge in [0.2, 0.25) is 0 Å². The molecule has 0 saturated heterocycles. The fraction of sp³-hybridized carbons (Fsp3) is 0.636. The molecule has 2 aliphatic carbocycles. The zero-order valence-corrected chi connectivity index (χ0v) is 18.3. The normalized spacial score (nSPS) is 25.1. The van der Waals surface area contributed by atoms with Gasteiger partial charge in [0.25, 0.3) is 0 Å². The predicted molar refractivity (Wildman–Crippen MR) is 104 cm³/mol. The van der Waals surface area contributed by atoms with Crippen molar-refractivity contribution in [1.29, 1.82) is 0 Å². The molecule has 128 valence electrons. The van der Waals surface area contributed by atoms with Gasteiger partial charge < -0.3 is 12.8 Å². The molecule has 0 amide bonds. The van der Waals surface area contributed by atoms with E-state index in [0.29, 0.717) is 10.3 Å². The molecular formula is C22H33Li2P. The van der Waals surface area contributed by atoms with Crippen molar-refractivity contribution in [2.45, 2.75) is 76.5 Å². The van der Waals surface area contributed by atoms with Gasteiger partial charge in [-0.05, 0) is 15.6 Å². The molecule has 0 radical (unpaired) electrons. The summed E-state index contributed by atoms with van der Waals surface area (Å²) in [5.41, 5.74) is 0. The molecule has 0 bridgehead atoms. The predicted octanol–water partition coefficient (Wildman–Crippen LogP) is 0.368. The zero-order chi connectivity index (χ0) is 16.5. The van der Waals surface area contributed by atoms with Crippen LogP contribution >= 0.6 is 7.92 Å². The van der Waals surface area contributed by atoms with Crippen LogP contribution in [-0.2, 0) is 0 Å². The van der Waals surface area contributed by atoms with E-state index in [1.54, 1.807) is 5.30 Å². The first kappa shape index (κ1) is 23.9. The van der Waals surface area contributed by atoms with Gasteiger partial charge in [-0.25, -0.2) is 0 Å². The van der Waals surface area contributed by atoms with Crippen molar-refractivity contribution in [3.05, 3.63) is 43.2 Å². The average Bonchev–Trinajstić information content (AvgIpc) is 3.22. The van der Waals surface area contributed by atoms with Gasteiger partial charge >= 0.3 is 37.7 Å². The van der Waals surface area contributed by atoms with Gasteiger partial charge in [-0.2, -0.15) is 25.7 Å². The van der Waals surface area contributed by atoms with Crippen molar-refractivity contribution in [3.63, 3.8) is 0 Å². The third-order valence-electron chi connectivity index (χ3n) is 6.51. The summed E-state index contributed by atoms with van der Waals surface area (Å²) < 4.78 is 0. The van der Waals surface area contributed by atoms with Gasteiger partial charge in [-0.15, -0.1) is 0 Å². The molecule has 0 N–H and O–H groups in total. The van der Waals surface area contributed by atoms with E-state index in [4.69, 9.17) is 0 Å². The van der Waals surface area contributed by atoms with Gasteiger partial charge in [0, 0.05) is 0 Å². The third kappa shape index (κ3) is 5.02. The number of hydrogen-bond acceptors (Lipinski definition) is 0. The van der Waals surface area contributed by atoms with Crippen LogP contribution in [0.4, 0.5) is 0 Å². The second-order valence-corrected chi connectivity index (χ2v) is 12.1. The van der Waals surface area contributed by atoms with Crippen LogP contribution in [-0.4, -0.2) is 10.3 Å². The maximum atomic E-state index is 2.58. The summed E-state index contributed by atoms with van der Waals surface area (Å²) in [5, 5.41) is 2.45. The SMILES string of the molecule is CC(C)(C1C[CH-]CC1)P(c1ccccc1)C(C)(C)C1C[CH-]CC1.[Li+].[Li+]. The van der Waals surface area contributed by atoms with E-state index < -0.39 is 0 Å². The Bertz CT molecular complexity index is 472. The van der Waals surface area contributed by atoms with Crippen molar-refractivity contribution >= 4 is 13.2 Å². The molecule has 2 aliphatic rings. The molecule has 2 fully saturated rings. The Morgan fingerprint density at radius 1 is 0.800 bits per heavy atom. The molecule has 0 aliphatic heterocycles. The van der Waals surface area contributed by atoms with Crippen LogP contribution in [0.2, 0.25) is 0 Å².